The van der Waals surface area contributed by atoms with E-state index < -0.39 is 0 Å². The lowest BCUT2D eigenvalue weighted by Crippen LogP contribution is -2.23. The minimum absolute atomic E-state index is 0.565. The van der Waals surface area contributed by atoms with Crippen molar-refractivity contribution in [3.05, 3.63) is 71.4 Å². The summed E-state index contributed by atoms with van der Waals surface area (Å²) in [6.07, 6.45) is 3.96. The van der Waals surface area contributed by atoms with E-state index in [4.69, 9.17) is 9.72 Å². The predicted molar refractivity (Wildman–Crippen MR) is 129 cm³/mol. The summed E-state index contributed by atoms with van der Waals surface area (Å²) in [6, 6.07) is 17.3. The van der Waals surface area contributed by atoms with Gasteiger partial charge >= 0.3 is 0 Å². The van der Waals surface area contributed by atoms with Crippen LogP contribution in [0.2, 0.25) is 0 Å². The summed E-state index contributed by atoms with van der Waals surface area (Å²) in [5, 5.41) is 11.2. The number of fused-ring (bicyclic) bond motifs is 3. The van der Waals surface area contributed by atoms with Gasteiger partial charge in [0.2, 0.25) is 5.95 Å². The monoisotopic (exact) mass is 423 g/mol. The van der Waals surface area contributed by atoms with E-state index >= 15 is 0 Å². The van der Waals surface area contributed by atoms with Crippen LogP contribution >= 0.6 is 0 Å². The number of ether oxygens (including phenoxy) is 1. The number of rotatable bonds is 4. The van der Waals surface area contributed by atoms with Gasteiger partial charge < -0.3 is 20.7 Å². The fraction of sp³-hybridized carbons (Fsp3) is 0.231. The number of aromatic nitrogens is 2. The standard InChI is InChI=1S/C26H25N5O/c1-32-25-13-18-6-8-27-14-21(18)12-24(25)31-26-29-15-20-3-2-17(11-23(20)30-26)16-4-5-22-19(10-16)7-9-28-22/h2-5,10-13,15,27-28H,6-9,14H2,1H3,(H,29,30,31). The van der Waals surface area contributed by atoms with Crippen LogP contribution in [0.25, 0.3) is 22.0 Å². The molecule has 0 bridgehead atoms. The molecule has 0 fully saturated rings. The maximum absolute atomic E-state index is 5.64. The van der Waals surface area contributed by atoms with Gasteiger partial charge in [-0.25, -0.2) is 9.97 Å². The maximum atomic E-state index is 5.64. The number of nitrogens with one attached hydrogen (secondary N) is 3. The van der Waals surface area contributed by atoms with Crippen LogP contribution in [0.15, 0.2) is 54.7 Å². The van der Waals surface area contributed by atoms with Crippen molar-refractivity contribution in [1.29, 1.82) is 0 Å². The van der Waals surface area contributed by atoms with Gasteiger partial charge in [0.05, 0.1) is 18.3 Å². The van der Waals surface area contributed by atoms with Crippen LogP contribution in [0.3, 0.4) is 0 Å². The second-order valence-electron chi connectivity index (χ2n) is 8.39. The summed E-state index contributed by atoms with van der Waals surface area (Å²) in [5.74, 6) is 1.38. The molecule has 0 unspecified atom stereocenters. The van der Waals surface area contributed by atoms with E-state index in [9.17, 15) is 0 Å². The smallest absolute Gasteiger partial charge is 0.227 e. The largest absolute Gasteiger partial charge is 0.495 e. The Hall–Kier alpha value is -3.64. The molecule has 1 aromatic heterocycles. The number of hydrogen-bond acceptors (Lipinski definition) is 6. The normalized spacial score (nSPS) is 14.5. The summed E-state index contributed by atoms with van der Waals surface area (Å²) >= 11 is 0. The first-order valence-corrected chi connectivity index (χ1v) is 11.1. The van der Waals surface area contributed by atoms with E-state index in [-0.39, 0.29) is 0 Å². The topological polar surface area (TPSA) is 71.1 Å². The Bertz CT molecular complexity index is 1330. The van der Waals surface area contributed by atoms with Crippen LogP contribution in [-0.4, -0.2) is 30.2 Å². The van der Waals surface area contributed by atoms with Gasteiger partial charge in [0.1, 0.15) is 5.75 Å². The molecule has 4 aromatic rings. The molecule has 2 aliphatic heterocycles. The third-order valence-corrected chi connectivity index (χ3v) is 6.39. The first-order chi connectivity index (χ1) is 15.8. The van der Waals surface area contributed by atoms with Crippen molar-refractivity contribution in [2.45, 2.75) is 19.4 Å². The summed E-state index contributed by atoms with van der Waals surface area (Å²) in [5.41, 5.74) is 9.42. The molecule has 32 heavy (non-hydrogen) atoms. The van der Waals surface area contributed by atoms with Gasteiger partial charge in [-0.3, -0.25) is 0 Å². The molecular formula is C26H25N5O. The molecule has 0 saturated heterocycles. The van der Waals surface area contributed by atoms with Gasteiger partial charge in [-0.2, -0.15) is 0 Å². The van der Waals surface area contributed by atoms with Gasteiger partial charge in [0.25, 0.3) is 0 Å². The summed E-state index contributed by atoms with van der Waals surface area (Å²) < 4.78 is 5.64. The highest BCUT2D eigenvalue weighted by atomic mass is 16.5. The highest BCUT2D eigenvalue weighted by Crippen LogP contribution is 2.33. The Morgan fingerprint density at radius 1 is 0.906 bits per heavy atom. The second kappa shape index (κ2) is 7.80. The van der Waals surface area contributed by atoms with E-state index in [0.717, 1.165) is 60.4 Å². The maximum Gasteiger partial charge on any atom is 0.227 e. The lowest BCUT2D eigenvalue weighted by atomic mass is 10.00. The minimum Gasteiger partial charge on any atom is -0.495 e. The van der Waals surface area contributed by atoms with Crippen molar-refractivity contribution < 1.29 is 4.74 Å². The zero-order chi connectivity index (χ0) is 21.5. The SMILES string of the molecule is COc1cc2c(cc1Nc1ncc3ccc(-c4ccc5c(c4)CCN5)cc3n1)CNCC2. The van der Waals surface area contributed by atoms with Crippen molar-refractivity contribution in [2.24, 2.45) is 0 Å². The van der Waals surface area contributed by atoms with Gasteiger partial charge in [-0.15, -0.1) is 0 Å². The minimum atomic E-state index is 0.565. The molecule has 0 aliphatic carbocycles. The lowest BCUT2D eigenvalue weighted by molar-refractivity contribution is 0.415. The highest BCUT2D eigenvalue weighted by Gasteiger charge is 2.15. The van der Waals surface area contributed by atoms with Gasteiger partial charge in [0.15, 0.2) is 0 Å². The van der Waals surface area contributed by atoms with E-state index in [2.05, 4.69) is 69.5 Å². The first-order valence-electron chi connectivity index (χ1n) is 11.1. The fourth-order valence-electron chi connectivity index (χ4n) is 4.64. The Morgan fingerprint density at radius 3 is 2.72 bits per heavy atom. The number of hydrogen-bond donors (Lipinski definition) is 3. The van der Waals surface area contributed by atoms with Crippen molar-refractivity contribution >= 4 is 28.2 Å². The van der Waals surface area contributed by atoms with Crippen molar-refractivity contribution in [3.8, 4) is 16.9 Å². The average Bonchev–Trinajstić information content (AvgIpc) is 3.31. The molecule has 3 N–H and O–H groups in total. The summed E-state index contributed by atoms with van der Waals surface area (Å²) in [4.78, 5) is 9.35. The molecule has 6 nitrogen and oxygen atoms in total. The Balaban J connectivity index is 1.34. The molecule has 0 amide bonds. The second-order valence-corrected chi connectivity index (χ2v) is 8.39. The number of methoxy groups -OCH3 is 1. The highest BCUT2D eigenvalue weighted by molar-refractivity contribution is 5.85. The molecule has 3 aromatic carbocycles. The van der Waals surface area contributed by atoms with Gasteiger partial charge in [-0.05, 0) is 77.5 Å². The fourth-order valence-corrected chi connectivity index (χ4v) is 4.64. The van der Waals surface area contributed by atoms with Gasteiger partial charge in [-0.1, -0.05) is 18.2 Å². The molecule has 2 aliphatic rings. The molecule has 6 heteroatoms. The Labute approximate surface area is 187 Å². The molecule has 0 saturated carbocycles. The molecule has 0 atom stereocenters. The van der Waals surface area contributed by atoms with Crippen LogP contribution in [-0.2, 0) is 19.4 Å². The van der Waals surface area contributed by atoms with E-state index in [1.165, 1.54) is 27.9 Å². The van der Waals surface area contributed by atoms with Crippen LogP contribution in [0.1, 0.15) is 16.7 Å². The van der Waals surface area contributed by atoms with Gasteiger partial charge in [0, 0.05) is 30.4 Å². The third kappa shape index (κ3) is 3.42. The van der Waals surface area contributed by atoms with E-state index in [1.807, 2.05) is 6.20 Å². The zero-order valence-electron chi connectivity index (χ0n) is 18.0. The van der Waals surface area contributed by atoms with Crippen molar-refractivity contribution in [1.82, 2.24) is 15.3 Å². The average molecular weight is 424 g/mol. The molecule has 3 heterocycles. The quantitative estimate of drug-likeness (QED) is 0.443. The number of benzene rings is 3. The molecule has 160 valence electrons. The summed E-state index contributed by atoms with van der Waals surface area (Å²) in [6.45, 7) is 2.88. The molecule has 6 rings (SSSR count). The third-order valence-electron chi connectivity index (χ3n) is 6.39. The Kier molecular flexibility index (Phi) is 4.65. The van der Waals surface area contributed by atoms with E-state index in [0.29, 0.717) is 5.95 Å². The van der Waals surface area contributed by atoms with Crippen molar-refractivity contribution in [2.75, 3.05) is 30.8 Å². The van der Waals surface area contributed by atoms with Crippen LogP contribution in [0, 0.1) is 0 Å². The molecular weight excluding hydrogens is 398 g/mol. The molecule has 0 spiro atoms. The predicted octanol–water partition coefficient (Wildman–Crippen LogP) is 4.66. The zero-order valence-corrected chi connectivity index (χ0v) is 18.0. The lowest BCUT2D eigenvalue weighted by Gasteiger charge is -2.20. The van der Waals surface area contributed by atoms with Crippen molar-refractivity contribution in [3.63, 3.8) is 0 Å². The van der Waals surface area contributed by atoms with Crippen LogP contribution in [0.5, 0.6) is 5.75 Å². The summed E-state index contributed by atoms with van der Waals surface area (Å²) in [7, 11) is 1.70. The molecule has 0 radical (unpaired) electrons. The van der Waals surface area contributed by atoms with E-state index in [1.54, 1.807) is 7.11 Å². The van der Waals surface area contributed by atoms with Crippen LogP contribution in [0.4, 0.5) is 17.3 Å². The first kappa shape index (κ1) is 19.1. The Morgan fingerprint density at radius 2 is 1.78 bits per heavy atom. The van der Waals surface area contributed by atoms with Crippen LogP contribution < -0.4 is 20.7 Å². The number of nitrogens with zero attached hydrogens (tertiary/aromatic N) is 2. The number of anilines is 3.